The van der Waals surface area contributed by atoms with Crippen LogP contribution in [0.1, 0.15) is 13.8 Å². The quantitative estimate of drug-likeness (QED) is 0.840. The molecule has 1 aromatic heterocycles. The van der Waals surface area contributed by atoms with E-state index in [1.165, 1.54) is 11.8 Å². The molecule has 0 saturated carbocycles. The number of aromatic nitrogens is 2. The third-order valence-corrected chi connectivity index (χ3v) is 3.92. The third kappa shape index (κ3) is 2.93. The van der Waals surface area contributed by atoms with Gasteiger partial charge in [-0.3, -0.25) is 10.1 Å². The molecule has 1 aromatic carbocycles. The molecule has 2 rings (SSSR count). The Kier molecular flexibility index (Phi) is 4.29. The number of imide groups is 1. The smallest absolute Gasteiger partial charge is 0.318 e. The second-order valence-corrected chi connectivity index (χ2v) is 5.55. The molecule has 0 fully saturated rings. The van der Waals surface area contributed by atoms with Gasteiger partial charge in [-0.05, 0) is 26.0 Å². The Morgan fingerprint density at radius 3 is 2.80 bits per heavy atom. The number of carbonyl (C=O) groups excluding carboxylic acids is 2. The minimum absolute atomic E-state index is 0.419. The number of para-hydroxylation sites is 2. The Balaban J connectivity index is 2.25. The average molecular weight is 292 g/mol. The van der Waals surface area contributed by atoms with Gasteiger partial charge >= 0.3 is 6.03 Å². The Morgan fingerprint density at radius 1 is 1.45 bits per heavy atom. The highest BCUT2D eigenvalue weighted by Crippen LogP contribution is 2.27. The molecule has 7 heteroatoms. The molecule has 1 heterocycles. The van der Waals surface area contributed by atoms with E-state index in [-0.39, 0.29) is 0 Å². The van der Waals surface area contributed by atoms with E-state index >= 15 is 0 Å². The van der Waals surface area contributed by atoms with E-state index in [1.807, 2.05) is 35.8 Å². The zero-order chi connectivity index (χ0) is 14.7. The summed E-state index contributed by atoms with van der Waals surface area (Å²) in [7, 11) is 0. The van der Waals surface area contributed by atoms with Crippen molar-refractivity contribution in [2.45, 2.75) is 30.8 Å². The number of fused-ring (bicyclic) bond motifs is 1. The molecular formula is C13H16N4O2S. The summed E-state index contributed by atoms with van der Waals surface area (Å²) in [5.41, 5.74) is 6.86. The summed E-state index contributed by atoms with van der Waals surface area (Å²) in [6.45, 7) is 4.49. The van der Waals surface area contributed by atoms with Crippen molar-refractivity contribution < 1.29 is 9.59 Å². The summed E-state index contributed by atoms with van der Waals surface area (Å²) in [5.74, 6) is -0.419. The van der Waals surface area contributed by atoms with Crippen molar-refractivity contribution in [3.63, 3.8) is 0 Å². The number of hydrogen-bond acceptors (Lipinski definition) is 4. The van der Waals surface area contributed by atoms with Crippen LogP contribution in [0.2, 0.25) is 0 Å². The summed E-state index contributed by atoms with van der Waals surface area (Å²) >= 11 is 1.30. The number of nitrogens with two attached hydrogens (primary N) is 1. The zero-order valence-electron chi connectivity index (χ0n) is 11.3. The monoisotopic (exact) mass is 292 g/mol. The van der Waals surface area contributed by atoms with Crippen LogP contribution >= 0.6 is 11.8 Å². The fourth-order valence-corrected chi connectivity index (χ4v) is 2.87. The number of thioether (sulfide) groups is 1. The topological polar surface area (TPSA) is 90.0 Å². The maximum Gasteiger partial charge on any atom is 0.318 e. The van der Waals surface area contributed by atoms with Crippen LogP contribution in [-0.2, 0) is 11.3 Å². The van der Waals surface area contributed by atoms with Crippen LogP contribution in [0.15, 0.2) is 29.4 Å². The number of nitrogens with zero attached hydrogens (tertiary/aromatic N) is 2. The van der Waals surface area contributed by atoms with E-state index in [2.05, 4.69) is 10.3 Å². The van der Waals surface area contributed by atoms with Gasteiger partial charge < -0.3 is 10.3 Å². The molecule has 0 spiro atoms. The summed E-state index contributed by atoms with van der Waals surface area (Å²) < 4.78 is 2.04. The molecule has 6 nitrogen and oxygen atoms in total. The first kappa shape index (κ1) is 14.4. The van der Waals surface area contributed by atoms with Gasteiger partial charge in [0, 0.05) is 6.54 Å². The molecule has 2 aromatic rings. The number of rotatable bonds is 4. The summed E-state index contributed by atoms with van der Waals surface area (Å²) in [6, 6.07) is 6.95. The van der Waals surface area contributed by atoms with Gasteiger partial charge in [0.25, 0.3) is 0 Å². The van der Waals surface area contributed by atoms with E-state index in [4.69, 9.17) is 5.73 Å². The fraction of sp³-hybridized carbons (Fsp3) is 0.308. The third-order valence-electron chi connectivity index (χ3n) is 2.83. The predicted octanol–water partition coefficient (Wildman–Crippen LogP) is 1.73. The van der Waals surface area contributed by atoms with Gasteiger partial charge in [0.05, 0.1) is 16.3 Å². The van der Waals surface area contributed by atoms with Crippen molar-refractivity contribution in [3.8, 4) is 0 Å². The van der Waals surface area contributed by atoms with E-state index < -0.39 is 17.2 Å². The van der Waals surface area contributed by atoms with Crippen LogP contribution in [-0.4, -0.2) is 26.7 Å². The largest absolute Gasteiger partial charge is 0.351 e. The molecule has 20 heavy (non-hydrogen) atoms. The predicted molar refractivity (Wildman–Crippen MR) is 78.5 cm³/mol. The number of urea groups is 1. The maximum absolute atomic E-state index is 11.7. The highest BCUT2D eigenvalue weighted by Gasteiger charge is 2.19. The molecule has 0 aliphatic heterocycles. The fourth-order valence-electron chi connectivity index (χ4n) is 1.88. The van der Waals surface area contributed by atoms with Crippen LogP contribution in [0.5, 0.6) is 0 Å². The Bertz CT molecular complexity index is 653. The first-order chi connectivity index (χ1) is 9.52. The van der Waals surface area contributed by atoms with Crippen molar-refractivity contribution in [2.75, 3.05) is 0 Å². The maximum atomic E-state index is 11.7. The molecule has 0 aliphatic carbocycles. The Morgan fingerprint density at radius 2 is 2.15 bits per heavy atom. The second-order valence-electron chi connectivity index (χ2n) is 4.24. The van der Waals surface area contributed by atoms with Crippen LogP contribution in [0.4, 0.5) is 4.79 Å². The van der Waals surface area contributed by atoms with Crippen molar-refractivity contribution in [1.82, 2.24) is 14.9 Å². The van der Waals surface area contributed by atoms with Gasteiger partial charge in [-0.1, -0.05) is 23.9 Å². The van der Waals surface area contributed by atoms with E-state index in [9.17, 15) is 9.59 Å². The minimum atomic E-state index is -0.841. The number of carbonyl (C=O) groups is 2. The van der Waals surface area contributed by atoms with Crippen molar-refractivity contribution >= 4 is 34.7 Å². The molecular weight excluding hydrogens is 276 g/mol. The molecule has 3 amide bonds. The highest BCUT2D eigenvalue weighted by molar-refractivity contribution is 8.00. The van der Waals surface area contributed by atoms with Crippen molar-refractivity contribution in [1.29, 1.82) is 0 Å². The van der Waals surface area contributed by atoms with Crippen LogP contribution < -0.4 is 11.1 Å². The lowest BCUT2D eigenvalue weighted by Crippen LogP contribution is -2.39. The van der Waals surface area contributed by atoms with Crippen LogP contribution in [0.3, 0.4) is 0 Å². The van der Waals surface area contributed by atoms with E-state index in [0.717, 1.165) is 22.7 Å². The standard InChI is InChI=1S/C13H16N4O2S/c1-3-17-10-7-5-4-6-9(10)15-13(17)20-8(2)11(18)16-12(14)19/h4-8H,3H2,1-2H3,(H3,14,16,18,19)/t8-/m1/s1. The first-order valence-electron chi connectivity index (χ1n) is 6.25. The lowest BCUT2D eigenvalue weighted by atomic mass is 10.3. The SMILES string of the molecule is CCn1c(S[C@H](C)C(=O)NC(N)=O)nc2ccccc21. The second kappa shape index (κ2) is 5.96. The minimum Gasteiger partial charge on any atom is -0.351 e. The Labute approximate surface area is 120 Å². The number of imidazole rings is 1. The average Bonchev–Trinajstić information content (AvgIpc) is 2.74. The van der Waals surface area contributed by atoms with Crippen LogP contribution in [0.25, 0.3) is 11.0 Å². The number of benzene rings is 1. The van der Waals surface area contributed by atoms with E-state index in [1.54, 1.807) is 6.92 Å². The number of nitrogens with one attached hydrogen (secondary N) is 1. The summed E-state index contributed by atoms with van der Waals surface area (Å²) in [6.07, 6.45) is 0. The van der Waals surface area contributed by atoms with Crippen molar-refractivity contribution in [3.05, 3.63) is 24.3 Å². The van der Waals surface area contributed by atoms with Gasteiger partial charge in [-0.2, -0.15) is 0 Å². The summed E-state index contributed by atoms with van der Waals surface area (Å²) in [4.78, 5) is 26.9. The zero-order valence-corrected chi connectivity index (χ0v) is 12.1. The molecule has 1 atom stereocenters. The van der Waals surface area contributed by atoms with Gasteiger partial charge in [0.2, 0.25) is 5.91 Å². The Hall–Kier alpha value is -2.02. The molecule has 0 saturated heterocycles. The van der Waals surface area contributed by atoms with E-state index in [0.29, 0.717) is 0 Å². The van der Waals surface area contributed by atoms with Gasteiger partial charge in [-0.25, -0.2) is 9.78 Å². The molecule has 0 radical (unpaired) electrons. The number of hydrogen-bond donors (Lipinski definition) is 2. The van der Waals surface area contributed by atoms with Gasteiger partial charge in [0.1, 0.15) is 0 Å². The van der Waals surface area contributed by atoms with Crippen LogP contribution in [0, 0.1) is 0 Å². The molecule has 0 bridgehead atoms. The summed E-state index contributed by atoms with van der Waals surface area (Å²) in [5, 5.41) is 2.37. The number of amides is 3. The first-order valence-corrected chi connectivity index (χ1v) is 7.13. The molecule has 3 N–H and O–H groups in total. The van der Waals surface area contributed by atoms with Gasteiger partial charge in [0.15, 0.2) is 5.16 Å². The number of aryl methyl sites for hydroxylation is 1. The number of primary amides is 1. The van der Waals surface area contributed by atoms with Gasteiger partial charge in [-0.15, -0.1) is 0 Å². The lowest BCUT2D eigenvalue weighted by molar-refractivity contribution is -0.119. The molecule has 0 aliphatic rings. The lowest BCUT2D eigenvalue weighted by Gasteiger charge is -2.10. The molecule has 106 valence electrons. The molecule has 0 unspecified atom stereocenters. The normalized spacial score (nSPS) is 12.3. The van der Waals surface area contributed by atoms with Crippen molar-refractivity contribution in [2.24, 2.45) is 5.73 Å². The highest BCUT2D eigenvalue weighted by atomic mass is 32.2.